The van der Waals surface area contributed by atoms with Gasteiger partial charge in [0.25, 0.3) is 0 Å². The maximum absolute atomic E-state index is 11.7. The van der Waals surface area contributed by atoms with Crippen molar-refractivity contribution < 1.29 is 15.0 Å². The Morgan fingerprint density at radius 3 is 2.94 bits per heavy atom. The zero-order valence-electron chi connectivity index (χ0n) is 9.05. The minimum absolute atomic E-state index is 0.00228. The molecule has 0 saturated carbocycles. The molecular weight excluding hydrogens is 208 g/mol. The van der Waals surface area contributed by atoms with Gasteiger partial charge in [-0.3, -0.25) is 9.69 Å². The van der Waals surface area contributed by atoms with E-state index < -0.39 is 0 Å². The fraction of sp³-hybridized carbons (Fsp3) is 0.455. The summed E-state index contributed by atoms with van der Waals surface area (Å²) < 4.78 is 0. The van der Waals surface area contributed by atoms with Gasteiger partial charge in [0, 0.05) is 31.2 Å². The number of aromatic nitrogens is 1. The highest BCUT2D eigenvalue weighted by atomic mass is 16.3. The summed E-state index contributed by atoms with van der Waals surface area (Å²) >= 11 is 0. The number of anilines is 1. The third-order valence-electron chi connectivity index (χ3n) is 2.71. The molecular formula is C11H14N2O3. The summed E-state index contributed by atoms with van der Waals surface area (Å²) in [6, 6.07) is 3.21. The van der Waals surface area contributed by atoms with E-state index in [-0.39, 0.29) is 24.2 Å². The Bertz CT molecular complexity index is 420. The molecule has 1 aliphatic heterocycles. The number of pyridine rings is 1. The third-order valence-corrected chi connectivity index (χ3v) is 2.71. The number of aromatic hydroxyl groups is 1. The van der Waals surface area contributed by atoms with Crippen molar-refractivity contribution in [3.63, 3.8) is 0 Å². The van der Waals surface area contributed by atoms with Gasteiger partial charge < -0.3 is 10.2 Å². The molecule has 1 fully saturated rings. The Balaban J connectivity index is 2.30. The molecule has 5 heteroatoms. The van der Waals surface area contributed by atoms with Crippen molar-refractivity contribution >= 4 is 11.7 Å². The number of hydrogen-bond acceptors (Lipinski definition) is 4. The number of aryl methyl sites for hydroxylation is 1. The summed E-state index contributed by atoms with van der Waals surface area (Å²) in [6.45, 7) is 2.20. The molecule has 1 saturated heterocycles. The first kappa shape index (κ1) is 10.9. The average Bonchev–Trinajstić information content (AvgIpc) is 2.63. The highest BCUT2D eigenvalue weighted by Crippen LogP contribution is 2.30. The second-order valence-corrected chi connectivity index (χ2v) is 4.05. The van der Waals surface area contributed by atoms with Crippen LogP contribution in [0.25, 0.3) is 0 Å². The van der Waals surface area contributed by atoms with Gasteiger partial charge in [0.1, 0.15) is 0 Å². The predicted molar refractivity (Wildman–Crippen MR) is 58.2 cm³/mol. The van der Waals surface area contributed by atoms with E-state index in [9.17, 15) is 9.90 Å². The topological polar surface area (TPSA) is 73.7 Å². The number of aliphatic hydroxyl groups is 1. The maximum Gasteiger partial charge on any atom is 0.228 e. The van der Waals surface area contributed by atoms with Gasteiger partial charge in [-0.05, 0) is 19.1 Å². The molecule has 1 atom stereocenters. The number of rotatable bonds is 2. The van der Waals surface area contributed by atoms with Gasteiger partial charge in [-0.1, -0.05) is 0 Å². The van der Waals surface area contributed by atoms with Crippen molar-refractivity contribution in [1.82, 2.24) is 4.98 Å². The number of aliphatic hydroxyl groups excluding tert-OH is 1. The summed E-state index contributed by atoms with van der Waals surface area (Å²) in [6.07, 6.45) is 0.311. The zero-order valence-corrected chi connectivity index (χ0v) is 9.05. The maximum atomic E-state index is 11.7. The quantitative estimate of drug-likeness (QED) is 0.761. The van der Waals surface area contributed by atoms with Crippen LogP contribution in [0.1, 0.15) is 12.1 Å². The number of amides is 1. The first-order valence-corrected chi connectivity index (χ1v) is 5.19. The van der Waals surface area contributed by atoms with Gasteiger partial charge in [-0.15, -0.1) is 0 Å². The van der Waals surface area contributed by atoms with Crippen molar-refractivity contribution in [3.05, 3.63) is 17.8 Å². The molecule has 1 aromatic heterocycles. The van der Waals surface area contributed by atoms with Crippen LogP contribution in [0.4, 0.5) is 5.82 Å². The summed E-state index contributed by atoms with van der Waals surface area (Å²) in [7, 11) is 0. The summed E-state index contributed by atoms with van der Waals surface area (Å²) in [5.74, 6) is 0.125. The second-order valence-electron chi connectivity index (χ2n) is 4.05. The lowest BCUT2D eigenvalue weighted by atomic mass is 10.1. The Hall–Kier alpha value is -1.62. The smallest absolute Gasteiger partial charge is 0.228 e. The van der Waals surface area contributed by atoms with Crippen molar-refractivity contribution in [3.8, 4) is 5.75 Å². The molecule has 1 unspecified atom stereocenters. The van der Waals surface area contributed by atoms with Gasteiger partial charge in [0.05, 0.1) is 0 Å². The van der Waals surface area contributed by atoms with Gasteiger partial charge in [0.2, 0.25) is 5.91 Å². The van der Waals surface area contributed by atoms with Gasteiger partial charge >= 0.3 is 0 Å². The van der Waals surface area contributed by atoms with E-state index in [1.54, 1.807) is 13.0 Å². The first-order chi connectivity index (χ1) is 7.61. The molecule has 16 heavy (non-hydrogen) atoms. The standard InChI is InChI=1S/C11H14N2O3/c1-7-2-3-9(15)11(12-7)13-5-8(6-14)4-10(13)16/h2-3,8,14-15H,4-6H2,1H3. The molecule has 2 rings (SSSR count). The average molecular weight is 222 g/mol. The number of carbonyl (C=O) groups excluding carboxylic acids is 1. The van der Waals surface area contributed by atoms with Crippen molar-refractivity contribution in [1.29, 1.82) is 0 Å². The number of nitrogens with zero attached hydrogens (tertiary/aromatic N) is 2. The third kappa shape index (κ3) is 1.86. The molecule has 5 nitrogen and oxygen atoms in total. The van der Waals surface area contributed by atoms with E-state index in [2.05, 4.69) is 4.98 Å². The van der Waals surface area contributed by atoms with Crippen LogP contribution in [0.3, 0.4) is 0 Å². The van der Waals surface area contributed by atoms with Gasteiger partial charge in [0.15, 0.2) is 11.6 Å². The lowest BCUT2D eigenvalue weighted by Crippen LogP contribution is -2.26. The Morgan fingerprint density at radius 1 is 1.56 bits per heavy atom. The molecule has 0 spiro atoms. The molecule has 0 aromatic carbocycles. The SMILES string of the molecule is Cc1ccc(O)c(N2CC(CO)CC2=O)n1. The Morgan fingerprint density at radius 2 is 2.31 bits per heavy atom. The van der Waals surface area contributed by atoms with Crippen LogP contribution in [0.5, 0.6) is 5.75 Å². The Labute approximate surface area is 93.3 Å². The summed E-state index contributed by atoms with van der Waals surface area (Å²) in [5, 5.41) is 18.7. The van der Waals surface area contributed by atoms with E-state index in [1.165, 1.54) is 11.0 Å². The summed E-state index contributed by atoms with van der Waals surface area (Å²) in [5.41, 5.74) is 0.744. The first-order valence-electron chi connectivity index (χ1n) is 5.19. The lowest BCUT2D eigenvalue weighted by Gasteiger charge is -2.16. The van der Waals surface area contributed by atoms with E-state index in [1.807, 2.05) is 0 Å². The summed E-state index contributed by atoms with van der Waals surface area (Å²) in [4.78, 5) is 17.3. The molecule has 0 radical (unpaired) electrons. The van der Waals surface area contributed by atoms with E-state index >= 15 is 0 Å². The van der Waals surface area contributed by atoms with Crippen LogP contribution >= 0.6 is 0 Å². The minimum atomic E-state index is -0.104. The number of carbonyl (C=O) groups is 1. The predicted octanol–water partition coefficient (Wildman–Crippen LogP) is 0.441. The normalized spacial score (nSPS) is 20.5. The van der Waals surface area contributed by atoms with E-state index in [0.717, 1.165) is 5.69 Å². The van der Waals surface area contributed by atoms with Crippen molar-refractivity contribution in [2.24, 2.45) is 5.92 Å². The fourth-order valence-corrected chi connectivity index (χ4v) is 1.84. The number of hydrogen-bond donors (Lipinski definition) is 2. The van der Waals surface area contributed by atoms with Gasteiger partial charge in [-0.25, -0.2) is 4.98 Å². The van der Waals surface area contributed by atoms with Crippen molar-refractivity contribution in [2.75, 3.05) is 18.1 Å². The second kappa shape index (κ2) is 4.09. The van der Waals surface area contributed by atoms with Crippen LogP contribution in [-0.2, 0) is 4.79 Å². The van der Waals surface area contributed by atoms with E-state index in [4.69, 9.17) is 5.11 Å². The highest BCUT2D eigenvalue weighted by molar-refractivity contribution is 5.96. The van der Waals surface area contributed by atoms with Crippen LogP contribution in [0.15, 0.2) is 12.1 Å². The molecule has 1 aromatic rings. The molecule has 1 aliphatic rings. The molecule has 86 valence electrons. The fourth-order valence-electron chi connectivity index (χ4n) is 1.84. The van der Waals surface area contributed by atoms with E-state index in [0.29, 0.717) is 18.8 Å². The van der Waals surface area contributed by atoms with Crippen LogP contribution < -0.4 is 4.90 Å². The van der Waals surface area contributed by atoms with Crippen LogP contribution in [-0.4, -0.2) is 34.3 Å². The molecule has 0 aliphatic carbocycles. The van der Waals surface area contributed by atoms with Crippen LogP contribution in [0.2, 0.25) is 0 Å². The molecule has 2 N–H and O–H groups in total. The molecule has 0 bridgehead atoms. The largest absolute Gasteiger partial charge is 0.504 e. The zero-order chi connectivity index (χ0) is 11.7. The van der Waals surface area contributed by atoms with Crippen LogP contribution in [0, 0.1) is 12.8 Å². The van der Waals surface area contributed by atoms with Gasteiger partial charge in [-0.2, -0.15) is 0 Å². The minimum Gasteiger partial charge on any atom is -0.504 e. The monoisotopic (exact) mass is 222 g/mol. The Kier molecular flexibility index (Phi) is 2.78. The molecule has 2 heterocycles. The molecule has 1 amide bonds. The highest BCUT2D eigenvalue weighted by Gasteiger charge is 2.32. The van der Waals surface area contributed by atoms with Crippen molar-refractivity contribution in [2.45, 2.75) is 13.3 Å². The lowest BCUT2D eigenvalue weighted by molar-refractivity contribution is -0.117.